The molecule has 0 aliphatic heterocycles. The van der Waals surface area contributed by atoms with Crippen molar-refractivity contribution in [2.24, 2.45) is 5.73 Å². The lowest BCUT2D eigenvalue weighted by Crippen LogP contribution is -2.29. The first-order valence-corrected chi connectivity index (χ1v) is 7.55. The largest absolute Gasteiger partial charge is 0.483 e. The van der Waals surface area contributed by atoms with Crippen LogP contribution >= 0.6 is 11.8 Å². The maximum absolute atomic E-state index is 6.14. The van der Waals surface area contributed by atoms with Crippen LogP contribution in [0.15, 0.2) is 59.5 Å². The smallest absolute Gasteiger partial charge is 0.139 e. The fourth-order valence-corrected chi connectivity index (χ4v) is 2.51. The summed E-state index contributed by atoms with van der Waals surface area (Å²) in [6.45, 7) is 1.97. The van der Waals surface area contributed by atoms with Crippen LogP contribution in [-0.4, -0.2) is 12.3 Å². The molecule has 0 radical (unpaired) electrons. The predicted octanol–water partition coefficient (Wildman–Crippen LogP) is 3.88. The summed E-state index contributed by atoms with van der Waals surface area (Å²) in [6.07, 6.45) is 1.92. The molecule has 2 rings (SSSR count). The Morgan fingerprint density at radius 2 is 1.63 bits per heavy atom. The minimum absolute atomic E-state index is 0.0719. The molecule has 2 aromatic rings. The third-order valence-corrected chi connectivity index (χ3v) is 3.71. The van der Waals surface area contributed by atoms with Gasteiger partial charge in [-0.15, -0.1) is 11.8 Å². The van der Waals surface area contributed by atoms with E-state index in [2.05, 4.69) is 18.2 Å². The number of hydrogen-bond donors (Lipinski definition) is 1. The fraction of sp³-hybridized carbons (Fsp3) is 0.250. The molecule has 0 heterocycles. The van der Waals surface area contributed by atoms with Crippen LogP contribution in [0.25, 0.3) is 0 Å². The molecule has 0 aliphatic carbocycles. The van der Waals surface area contributed by atoms with Crippen molar-refractivity contribution in [2.75, 3.05) is 6.26 Å². The van der Waals surface area contributed by atoms with E-state index in [4.69, 9.17) is 10.5 Å². The van der Waals surface area contributed by atoms with E-state index in [0.29, 0.717) is 0 Å². The maximum atomic E-state index is 6.14. The number of nitrogens with two attached hydrogens (primary N) is 1. The maximum Gasteiger partial charge on any atom is 0.139 e. The first-order valence-electron chi connectivity index (χ1n) is 6.32. The highest BCUT2D eigenvalue weighted by Crippen LogP contribution is 2.31. The van der Waals surface area contributed by atoms with E-state index in [1.165, 1.54) is 0 Å². The van der Waals surface area contributed by atoms with E-state index in [0.717, 1.165) is 16.2 Å². The van der Waals surface area contributed by atoms with Crippen LogP contribution in [0, 0.1) is 0 Å². The van der Waals surface area contributed by atoms with Crippen molar-refractivity contribution in [3.8, 4) is 5.75 Å². The summed E-state index contributed by atoms with van der Waals surface area (Å²) in [5.74, 6) is 0.890. The van der Waals surface area contributed by atoms with Crippen LogP contribution in [0.4, 0.5) is 0 Å². The van der Waals surface area contributed by atoms with Gasteiger partial charge in [0.15, 0.2) is 0 Å². The molecule has 2 aromatic carbocycles. The second kappa shape index (κ2) is 6.64. The van der Waals surface area contributed by atoms with Gasteiger partial charge < -0.3 is 10.5 Å². The van der Waals surface area contributed by atoms with Crippen LogP contribution in [0.5, 0.6) is 5.75 Å². The zero-order valence-electron chi connectivity index (χ0n) is 11.2. The van der Waals surface area contributed by atoms with Gasteiger partial charge in [0.25, 0.3) is 0 Å². The predicted molar refractivity (Wildman–Crippen MR) is 81.7 cm³/mol. The second-order valence-electron chi connectivity index (χ2n) is 4.46. The molecule has 0 bridgehead atoms. The molecule has 3 heteroatoms. The Kier molecular flexibility index (Phi) is 4.88. The lowest BCUT2D eigenvalue weighted by atomic mass is 10.0. The van der Waals surface area contributed by atoms with Gasteiger partial charge in [0.05, 0.1) is 0 Å². The number of benzene rings is 2. The van der Waals surface area contributed by atoms with Crippen LogP contribution in [0.1, 0.15) is 18.6 Å². The van der Waals surface area contributed by atoms with Crippen LogP contribution < -0.4 is 10.5 Å². The van der Waals surface area contributed by atoms with Gasteiger partial charge in [-0.1, -0.05) is 42.5 Å². The fourth-order valence-electron chi connectivity index (χ4n) is 1.97. The van der Waals surface area contributed by atoms with Gasteiger partial charge in [0.1, 0.15) is 11.9 Å². The topological polar surface area (TPSA) is 35.2 Å². The van der Waals surface area contributed by atoms with Gasteiger partial charge >= 0.3 is 0 Å². The van der Waals surface area contributed by atoms with Gasteiger partial charge in [-0.05, 0) is 30.9 Å². The molecule has 0 aromatic heterocycles. The summed E-state index contributed by atoms with van der Waals surface area (Å²) in [5, 5.41) is 0. The summed E-state index contributed by atoms with van der Waals surface area (Å²) in [5.41, 5.74) is 7.18. The van der Waals surface area contributed by atoms with Crippen LogP contribution in [0.3, 0.4) is 0 Å². The van der Waals surface area contributed by atoms with Gasteiger partial charge in [-0.2, -0.15) is 0 Å². The van der Waals surface area contributed by atoms with Crippen LogP contribution in [-0.2, 0) is 0 Å². The highest BCUT2D eigenvalue weighted by Gasteiger charge is 2.19. The molecule has 0 aliphatic rings. The highest BCUT2D eigenvalue weighted by molar-refractivity contribution is 7.98. The molecule has 2 atom stereocenters. The lowest BCUT2D eigenvalue weighted by Gasteiger charge is -2.24. The van der Waals surface area contributed by atoms with Crippen LogP contribution in [0.2, 0.25) is 0 Å². The molecule has 19 heavy (non-hydrogen) atoms. The Labute approximate surface area is 119 Å². The monoisotopic (exact) mass is 273 g/mol. The molecule has 2 unspecified atom stereocenters. The molecule has 2 nitrogen and oxygen atoms in total. The molecule has 100 valence electrons. The van der Waals surface area contributed by atoms with E-state index >= 15 is 0 Å². The average molecular weight is 273 g/mol. The SMILES string of the molecule is CSc1ccccc1OC(c1ccccc1)C(C)N. The standard InChI is InChI=1S/C16H19NOS/c1-12(17)16(13-8-4-3-5-9-13)18-14-10-6-7-11-15(14)19-2/h3-12,16H,17H2,1-2H3. The van der Waals surface area contributed by atoms with Gasteiger partial charge in [0, 0.05) is 10.9 Å². The van der Waals surface area contributed by atoms with Gasteiger partial charge in [0.2, 0.25) is 0 Å². The third-order valence-electron chi connectivity index (χ3n) is 2.93. The Hall–Kier alpha value is -1.45. The molecular formula is C16H19NOS. The van der Waals surface area contributed by atoms with Crippen molar-refractivity contribution in [2.45, 2.75) is 24.0 Å². The van der Waals surface area contributed by atoms with Crippen molar-refractivity contribution >= 4 is 11.8 Å². The van der Waals surface area contributed by atoms with E-state index in [1.807, 2.05) is 49.6 Å². The summed E-state index contributed by atoms with van der Waals surface area (Å²) >= 11 is 1.68. The van der Waals surface area contributed by atoms with E-state index in [9.17, 15) is 0 Å². The number of para-hydroxylation sites is 1. The summed E-state index contributed by atoms with van der Waals surface area (Å²) in [7, 11) is 0. The molecule has 0 saturated carbocycles. The Bertz CT molecular complexity index is 513. The number of rotatable bonds is 5. The lowest BCUT2D eigenvalue weighted by molar-refractivity contribution is 0.176. The summed E-state index contributed by atoms with van der Waals surface area (Å²) < 4.78 is 6.14. The van der Waals surface area contributed by atoms with Crippen molar-refractivity contribution in [1.82, 2.24) is 0 Å². The molecule has 0 spiro atoms. The molecular weight excluding hydrogens is 254 g/mol. The average Bonchev–Trinajstić information content (AvgIpc) is 2.45. The minimum atomic E-state index is -0.130. The summed E-state index contributed by atoms with van der Waals surface area (Å²) in [6, 6.07) is 18.1. The van der Waals surface area contributed by atoms with Gasteiger partial charge in [-0.25, -0.2) is 0 Å². The first kappa shape index (κ1) is 14.0. The minimum Gasteiger partial charge on any atom is -0.483 e. The van der Waals surface area contributed by atoms with Crippen molar-refractivity contribution in [1.29, 1.82) is 0 Å². The quantitative estimate of drug-likeness (QED) is 0.840. The van der Waals surface area contributed by atoms with Crippen molar-refractivity contribution in [3.63, 3.8) is 0 Å². The Balaban J connectivity index is 2.27. The first-order chi connectivity index (χ1) is 9.22. The highest BCUT2D eigenvalue weighted by atomic mass is 32.2. The molecule has 0 amide bonds. The third kappa shape index (κ3) is 3.52. The number of hydrogen-bond acceptors (Lipinski definition) is 3. The van der Waals surface area contributed by atoms with E-state index in [1.54, 1.807) is 11.8 Å². The van der Waals surface area contributed by atoms with Crippen molar-refractivity contribution < 1.29 is 4.74 Å². The van der Waals surface area contributed by atoms with E-state index < -0.39 is 0 Å². The second-order valence-corrected chi connectivity index (χ2v) is 5.31. The Morgan fingerprint density at radius 1 is 1.00 bits per heavy atom. The van der Waals surface area contributed by atoms with Crippen molar-refractivity contribution in [3.05, 3.63) is 60.2 Å². The van der Waals surface area contributed by atoms with E-state index in [-0.39, 0.29) is 12.1 Å². The number of ether oxygens (including phenoxy) is 1. The summed E-state index contributed by atoms with van der Waals surface area (Å²) in [4.78, 5) is 1.13. The zero-order valence-corrected chi connectivity index (χ0v) is 12.1. The Morgan fingerprint density at radius 3 is 2.26 bits per heavy atom. The molecule has 0 fully saturated rings. The molecule has 0 saturated heterocycles. The van der Waals surface area contributed by atoms with Gasteiger partial charge in [-0.3, -0.25) is 0 Å². The normalized spacial score (nSPS) is 13.8. The number of thioether (sulfide) groups is 1. The molecule has 2 N–H and O–H groups in total. The zero-order chi connectivity index (χ0) is 13.7.